The molecule has 4 heteroatoms. The highest BCUT2D eigenvalue weighted by Crippen LogP contribution is 2.32. The van der Waals surface area contributed by atoms with Gasteiger partial charge in [0.15, 0.2) is 5.69 Å². The highest BCUT2D eigenvalue weighted by atomic mass is 16.5. The molecular weight excluding hydrogens is 226 g/mol. The van der Waals surface area contributed by atoms with E-state index in [1.54, 1.807) is 6.20 Å². The van der Waals surface area contributed by atoms with Crippen LogP contribution in [-0.4, -0.2) is 30.3 Å². The van der Waals surface area contributed by atoms with Gasteiger partial charge in [-0.2, -0.15) is 5.26 Å². The van der Waals surface area contributed by atoms with Gasteiger partial charge < -0.3 is 9.64 Å². The van der Waals surface area contributed by atoms with Crippen molar-refractivity contribution >= 4 is 5.69 Å². The summed E-state index contributed by atoms with van der Waals surface area (Å²) < 4.78 is 5.86. The maximum absolute atomic E-state index is 9.17. The zero-order chi connectivity index (χ0) is 12.4. The molecule has 2 aliphatic rings. The van der Waals surface area contributed by atoms with E-state index in [0.29, 0.717) is 17.8 Å². The van der Waals surface area contributed by atoms with Gasteiger partial charge in [0.25, 0.3) is 0 Å². The van der Waals surface area contributed by atoms with Crippen molar-refractivity contribution in [3.8, 4) is 6.07 Å². The molecule has 94 valence electrons. The van der Waals surface area contributed by atoms with E-state index >= 15 is 0 Å². The molecule has 3 rings (SSSR count). The zero-order valence-electron chi connectivity index (χ0n) is 10.4. The van der Waals surface area contributed by atoms with Gasteiger partial charge in [-0.3, -0.25) is 0 Å². The summed E-state index contributed by atoms with van der Waals surface area (Å²) in [6.45, 7) is 1.61. The maximum Gasteiger partial charge on any atom is 0.163 e. The molecule has 1 aromatic rings. The van der Waals surface area contributed by atoms with E-state index in [4.69, 9.17) is 4.74 Å². The number of ether oxygens (including phenoxy) is 1. The normalized spacial score (nSPS) is 27.4. The second-order valence-corrected chi connectivity index (χ2v) is 4.94. The average molecular weight is 243 g/mol. The van der Waals surface area contributed by atoms with Crippen LogP contribution < -0.4 is 4.90 Å². The first kappa shape index (κ1) is 11.5. The molecule has 1 saturated heterocycles. The van der Waals surface area contributed by atoms with E-state index in [2.05, 4.69) is 16.0 Å². The fourth-order valence-electron chi connectivity index (χ4n) is 3.11. The van der Waals surface area contributed by atoms with Gasteiger partial charge in [0.1, 0.15) is 6.07 Å². The number of pyridine rings is 1. The lowest BCUT2D eigenvalue weighted by Crippen LogP contribution is -2.53. The molecule has 0 aromatic carbocycles. The van der Waals surface area contributed by atoms with Crippen molar-refractivity contribution in [2.45, 2.75) is 37.8 Å². The van der Waals surface area contributed by atoms with Crippen molar-refractivity contribution in [2.24, 2.45) is 0 Å². The predicted molar refractivity (Wildman–Crippen MR) is 68.3 cm³/mol. The fourth-order valence-corrected chi connectivity index (χ4v) is 3.11. The molecule has 0 spiro atoms. The molecule has 1 aliphatic heterocycles. The van der Waals surface area contributed by atoms with Crippen LogP contribution in [0, 0.1) is 11.3 Å². The molecule has 2 unspecified atom stereocenters. The number of hydrogen-bond acceptors (Lipinski definition) is 4. The molecule has 18 heavy (non-hydrogen) atoms. The second kappa shape index (κ2) is 4.95. The number of fused-ring (bicyclic) bond motifs is 1. The third-order valence-corrected chi connectivity index (χ3v) is 3.93. The summed E-state index contributed by atoms with van der Waals surface area (Å²) in [7, 11) is 0. The van der Waals surface area contributed by atoms with Gasteiger partial charge in [0.05, 0.1) is 24.4 Å². The SMILES string of the molecule is N#Cc1ncccc1N1CCOC2CCCCC21. The van der Waals surface area contributed by atoms with Crippen LogP contribution in [0.25, 0.3) is 0 Å². The third kappa shape index (κ3) is 1.95. The van der Waals surface area contributed by atoms with Crippen molar-refractivity contribution < 1.29 is 4.74 Å². The minimum absolute atomic E-state index is 0.333. The van der Waals surface area contributed by atoms with Crippen LogP contribution in [0.5, 0.6) is 0 Å². The number of nitriles is 1. The Bertz CT molecular complexity index is 466. The third-order valence-electron chi connectivity index (χ3n) is 3.93. The highest BCUT2D eigenvalue weighted by Gasteiger charge is 2.35. The molecular formula is C14H17N3O. The molecule has 4 nitrogen and oxygen atoms in total. The lowest BCUT2D eigenvalue weighted by atomic mass is 9.89. The van der Waals surface area contributed by atoms with Crippen LogP contribution in [0.3, 0.4) is 0 Å². The Morgan fingerprint density at radius 3 is 3.17 bits per heavy atom. The maximum atomic E-state index is 9.17. The van der Waals surface area contributed by atoms with E-state index in [-0.39, 0.29) is 0 Å². The van der Waals surface area contributed by atoms with Gasteiger partial charge in [-0.1, -0.05) is 12.8 Å². The Morgan fingerprint density at radius 1 is 1.39 bits per heavy atom. The standard InChI is InChI=1S/C14H17N3O/c15-10-11-12(5-3-7-16-11)17-8-9-18-14-6-2-1-4-13(14)17/h3,5,7,13-14H,1-2,4,6,8-9H2. The van der Waals surface area contributed by atoms with Gasteiger partial charge >= 0.3 is 0 Å². The Labute approximate surface area is 107 Å². The Kier molecular flexibility index (Phi) is 3.16. The number of morpholine rings is 1. The van der Waals surface area contributed by atoms with Gasteiger partial charge in [-0.25, -0.2) is 4.98 Å². The molecule has 1 aromatic heterocycles. The van der Waals surface area contributed by atoms with Crippen molar-refractivity contribution in [1.82, 2.24) is 4.98 Å². The first-order chi connectivity index (χ1) is 8.90. The lowest BCUT2D eigenvalue weighted by Gasteiger charge is -2.45. The first-order valence-electron chi connectivity index (χ1n) is 6.63. The van der Waals surface area contributed by atoms with E-state index in [1.807, 2.05) is 12.1 Å². The quantitative estimate of drug-likeness (QED) is 0.758. The predicted octanol–water partition coefficient (Wildman–Crippen LogP) is 2.10. The van der Waals surface area contributed by atoms with E-state index in [1.165, 1.54) is 12.8 Å². The van der Waals surface area contributed by atoms with Gasteiger partial charge in [-0.05, 0) is 25.0 Å². The van der Waals surface area contributed by atoms with Crippen LogP contribution in [-0.2, 0) is 4.74 Å². The molecule has 0 bridgehead atoms. The van der Waals surface area contributed by atoms with Crippen LogP contribution in [0.1, 0.15) is 31.4 Å². The Morgan fingerprint density at radius 2 is 2.28 bits per heavy atom. The van der Waals surface area contributed by atoms with Crippen molar-refractivity contribution in [3.63, 3.8) is 0 Å². The lowest BCUT2D eigenvalue weighted by molar-refractivity contribution is -0.00871. The number of nitrogens with zero attached hydrogens (tertiary/aromatic N) is 3. The summed E-state index contributed by atoms with van der Waals surface area (Å²) in [6.07, 6.45) is 6.82. The largest absolute Gasteiger partial charge is 0.374 e. The molecule has 2 atom stereocenters. The molecule has 1 aliphatic carbocycles. The van der Waals surface area contributed by atoms with Crippen LogP contribution in [0.15, 0.2) is 18.3 Å². The first-order valence-corrected chi connectivity index (χ1v) is 6.63. The van der Waals surface area contributed by atoms with E-state index in [0.717, 1.165) is 31.7 Å². The number of rotatable bonds is 1. The summed E-state index contributed by atoms with van der Waals surface area (Å²) in [4.78, 5) is 6.50. The summed E-state index contributed by atoms with van der Waals surface area (Å²) in [5.41, 5.74) is 1.50. The molecule has 2 fully saturated rings. The van der Waals surface area contributed by atoms with Gasteiger partial charge in [-0.15, -0.1) is 0 Å². The van der Waals surface area contributed by atoms with E-state index in [9.17, 15) is 5.26 Å². The highest BCUT2D eigenvalue weighted by molar-refractivity contribution is 5.57. The fraction of sp³-hybridized carbons (Fsp3) is 0.571. The minimum atomic E-state index is 0.333. The molecule has 0 N–H and O–H groups in total. The van der Waals surface area contributed by atoms with Crippen LogP contribution in [0.4, 0.5) is 5.69 Å². The average Bonchev–Trinajstić information content (AvgIpc) is 2.46. The molecule has 0 radical (unpaired) electrons. The monoisotopic (exact) mass is 243 g/mol. The number of aromatic nitrogens is 1. The number of anilines is 1. The van der Waals surface area contributed by atoms with Crippen molar-refractivity contribution in [3.05, 3.63) is 24.0 Å². The summed E-state index contributed by atoms with van der Waals surface area (Å²) in [5, 5.41) is 9.17. The van der Waals surface area contributed by atoms with Crippen LogP contribution >= 0.6 is 0 Å². The van der Waals surface area contributed by atoms with Crippen molar-refractivity contribution in [2.75, 3.05) is 18.1 Å². The molecule has 1 saturated carbocycles. The van der Waals surface area contributed by atoms with Crippen molar-refractivity contribution in [1.29, 1.82) is 5.26 Å². The smallest absolute Gasteiger partial charge is 0.163 e. The van der Waals surface area contributed by atoms with E-state index < -0.39 is 0 Å². The topological polar surface area (TPSA) is 49.2 Å². The van der Waals surface area contributed by atoms with Crippen LogP contribution in [0.2, 0.25) is 0 Å². The second-order valence-electron chi connectivity index (χ2n) is 4.94. The van der Waals surface area contributed by atoms with Gasteiger partial charge in [0, 0.05) is 12.7 Å². The summed E-state index contributed by atoms with van der Waals surface area (Å²) >= 11 is 0. The summed E-state index contributed by atoms with van der Waals surface area (Å²) in [5.74, 6) is 0. The zero-order valence-corrected chi connectivity index (χ0v) is 10.4. The summed E-state index contributed by atoms with van der Waals surface area (Å²) in [6, 6.07) is 6.52. The number of hydrogen-bond donors (Lipinski definition) is 0. The Balaban J connectivity index is 1.92. The minimum Gasteiger partial charge on any atom is -0.374 e. The molecule has 0 amide bonds. The van der Waals surface area contributed by atoms with Gasteiger partial charge in [0.2, 0.25) is 0 Å². The Hall–Kier alpha value is -1.60. The molecule has 2 heterocycles.